The Hall–Kier alpha value is -2.31. The van der Waals surface area contributed by atoms with Gasteiger partial charge in [-0.2, -0.15) is 4.98 Å². The highest BCUT2D eigenvalue weighted by molar-refractivity contribution is 5.41. The van der Waals surface area contributed by atoms with Crippen molar-refractivity contribution in [1.82, 2.24) is 9.97 Å². The van der Waals surface area contributed by atoms with Crippen molar-refractivity contribution in [2.75, 3.05) is 17.7 Å². The zero-order valence-electron chi connectivity index (χ0n) is 10.0. The normalized spacial score (nSPS) is 10.3. The summed E-state index contributed by atoms with van der Waals surface area (Å²) in [6.45, 7) is -0.0107. The summed E-state index contributed by atoms with van der Waals surface area (Å²) in [5, 5.41) is 5.29. The molecule has 0 saturated heterocycles. The average Bonchev–Trinajstić information content (AvgIpc) is 2.39. The summed E-state index contributed by atoms with van der Waals surface area (Å²) >= 11 is 0. The third-order valence-electron chi connectivity index (χ3n) is 2.43. The van der Waals surface area contributed by atoms with Gasteiger partial charge in [0.05, 0.1) is 6.20 Å². The number of hydrogen-bond acceptors (Lipinski definition) is 4. The zero-order valence-corrected chi connectivity index (χ0v) is 10.0. The first kappa shape index (κ1) is 13.1. The van der Waals surface area contributed by atoms with E-state index >= 15 is 0 Å². The molecule has 2 rings (SSSR count). The highest BCUT2D eigenvalue weighted by Gasteiger charge is 2.08. The van der Waals surface area contributed by atoms with Gasteiger partial charge in [-0.15, -0.1) is 0 Å². The number of nitrogens with zero attached hydrogens (tertiary/aromatic N) is 2. The van der Waals surface area contributed by atoms with Crippen LogP contribution in [-0.4, -0.2) is 17.0 Å². The molecule has 1 heterocycles. The van der Waals surface area contributed by atoms with Crippen LogP contribution in [0.15, 0.2) is 24.4 Å². The first-order valence-corrected chi connectivity index (χ1v) is 5.48. The van der Waals surface area contributed by atoms with Crippen LogP contribution in [0.4, 0.5) is 24.9 Å². The molecule has 2 N–H and O–H groups in total. The Labute approximate surface area is 107 Å². The number of anilines is 2. The molecule has 19 heavy (non-hydrogen) atoms. The van der Waals surface area contributed by atoms with Gasteiger partial charge in [-0.25, -0.2) is 18.2 Å². The van der Waals surface area contributed by atoms with Gasteiger partial charge in [-0.1, -0.05) is 6.07 Å². The fourth-order valence-corrected chi connectivity index (χ4v) is 1.46. The minimum absolute atomic E-state index is 0.0107. The van der Waals surface area contributed by atoms with Crippen LogP contribution in [0, 0.1) is 17.5 Å². The topological polar surface area (TPSA) is 49.8 Å². The summed E-state index contributed by atoms with van der Waals surface area (Å²) in [6, 6.07) is 3.19. The molecule has 1 aromatic heterocycles. The predicted octanol–water partition coefficient (Wildman–Crippen LogP) is 2.55. The van der Waals surface area contributed by atoms with E-state index in [4.69, 9.17) is 0 Å². The van der Waals surface area contributed by atoms with Gasteiger partial charge in [0.15, 0.2) is 11.6 Å². The van der Waals surface area contributed by atoms with Gasteiger partial charge in [-0.05, 0) is 6.07 Å². The fraction of sp³-hybridized carbons (Fsp3) is 0.167. The second-order valence-corrected chi connectivity index (χ2v) is 3.73. The van der Waals surface area contributed by atoms with Crippen molar-refractivity contribution in [3.05, 3.63) is 47.4 Å². The third-order valence-corrected chi connectivity index (χ3v) is 2.43. The van der Waals surface area contributed by atoms with Crippen molar-refractivity contribution in [3.8, 4) is 0 Å². The lowest BCUT2D eigenvalue weighted by Crippen LogP contribution is -2.08. The summed E-state index contributed by atoms with van der Waals surface area (Å²) in [5.74, 6) is -1.82. The van der Waals surface area contributed by atoms with Crippen LogP contribution in [0.2, 0.25) is 0 Å². The van der Waals surface area contributed by atoms with E-state index in [-0.39, 0.29) is 23.9 Å². The van der Waals surface area contributed by atoms with Crippen LogP contribution in [-0.2, 0) is 6.54 Å². The minimum Gasteiger partial charge on any atom is -0.363 e. The van der Waals surface area contributed by atoms with E-state index in [2.05, 4.69) is 20.6 Å². The molecule has 0 aliphatic rings. The minimum atomic E-state index is -0.698. The Bertz CT molecular complexity index is 589. The number of rotatable bonds is 4. The molecule has 0 unspecified atom stereocenters. The molecule has 0 radical (unpaired) electrons. The number of nitrogens with one attached hydrogen (secondary N) is 2. The van der Waals surface area contributed by atoms with Gasteiger partial charge >= 0.3 is 0 Å². The Kier molecular flexibility index (Phi) is 3.84. The SMILES string of the molecule is CNc1ncc(F)c(NCc2ccc(F)cc2F)n1. The Morgan fingerprint density at radius 3 is 2.63 bits per heavy atom. The largest absolute Gasteiger partial charge is 0.363 e. The maximum atomic E-state index is 13.4. The van der Waals surface area contributed by atoms with E-state index < -0.39 is 17.5 Å². The van der Waals surface area contributed by atoms with E-state index in [0.717, 1.165) is 18.3 Å². The van der Waals surface area contributed by atoms with Crippen LogP contribution in [0.3, 0.4) is 0 Å². The van der Waals surface area contributed by atoms with Crippen LogP contribution in [0.5, 0.6) is 0 Å². The summed E-state index contributed by atoms with van der Waals surface area (Å²) in [7, 11) is 1.59. The molecule has 0 saturated carbocycles. The number of halogens is 3. The lowest BCUT2D eigenvalue weighted by molar-refractivity contribution is 0.573. The maximum absolute atomic E-state index is 13.4. The van der Waals surface area contributed by atoms with Crippen molar-refractivity contribution < 1.29 is 13.2 Å². The van der Waals surface area contributed by atoms with Gasteiger partial charge in [0, 0.05) is 25.2 Å². The highest BCUT2D eigenvalue weighted by atomic mass is 19.1. The Morgan fingerprint density at radius 1 is 1.16 bits per heavy atom. The number of benzene rings is 1. The molecule has 0 amide bonds. The standard InChI is InChI=1S/C12H11F3N4/c1-16-12-18-6-10(15)11(19-12)17-5-7-2-3-8(13)4-9(7)14/h2-4,6H,5H2,1H3,(H2,16,17,18,19). The van der Waals surface area contributed by atoms with Gasteiger partial charge < -0.3 is 10.6 Å². The molecule has 0 aliphatic heterocycles. The van der Waals surface area contributed by atoms with Crippen LogP contribution in [0.25, 0.3) is 0 Å². The molecule has 0 atom stereocenters. The lowest BCUT2D eigenvalue weighted by Gasteiger charge is -2.08. The van der Waals surface area contributed by atoms with Crippen LogP contribution in [0.1, 0.15) is 5.56 Å². The predicted molar refractivity (Wildman–Crippen MR) is 65.2 cm³/mol. The Balaban J connectivity index is 2.14. The smallest absolute Gasteiger partial charge is 0.224 e. The molecule has 4 nitrogen and oxygen atoms in total. The van der Waals surface area contributed by atoms with Gasteiger partial charge in [-0.3, -0.25) is 0 Å². The quantitative estimate of drug-likeness (QED) is 0.894. The molecular formula is C12H11F3N4. The van der Waals surface area contributed by atoms with Crippen LogP contribution >= 0.6 is 0 Å². The summed E-state index contributed by atoms with van der Waals surface area (Å²) < 4.78 is 39.5. The molecule has 0 fully saturated rings. The summed E-state index contributed by atoms with van der Waals surface area (Å²) in [5.41, 5.74) is 0.213. The maximum Gasteiger partial charge on any atom is 0.224 e. The molecule has 0 spiro atoms. The summed E-state index contributed by atoms with van der Waals surface area (Å²) in [4.78, 5) is 7.53. The third kappa shape index (κ3) is 3.12. The van der Waals surface area contributed by atoms with Crippen molar-refractivity contribution in [1.29, 1.82) is 0 Å². The molecule has 2 aromatic rings. The molecular weight excluding hydrogens is 257 g/mol. The van der Waals surface area contributed by atoms with Gasteiger partial charge in [0.25, 0.3) is 0 Å². The second-order valence-electron chi connectivity index (χ2n) is 3.73. The monoisotopic (exact) mass is 268 g/mol. The van der Waals surface area contributed by atoms with Gasteiger partial charge in [0.1, 0.15) is 11.6 Å². The first-order chi connectivity index (χ1) is 9.10. The molecule has 0 bridgehead atoms. The van der Waals surface area contributed by atoms with Crippen molar-refractivity contribution in [2.24, 2.45) is 0 Å². The highest BCUT2D eigenvalue weighted by Crippen LogP contribution is 2.15. The number of aromatic nitrogens is 2. The Morgan fingerprint density at radius 2 is 1.95 bits per heavy atom. The molecule has 7 heteroatoms. The van der Waals surface area contributed by atoms with Crippen molar-refractivity contribution in [2.45, 2.75) is 6.54 Å². The van der Waals surface area contributed by atoms with Crippen molar-refractivity contribution in [3.63, 3.8) is 0 Å². The van der Waals surface area contributed by atoms with E-state index in [1.54, 1.807) is 7.05 Å². The number of hydrogen-bond donors (Lipinski definition) is 2. The van der Waals surface area contributed by atoms with Crippen LogP contribution < -0.4 is 10.6 Å². The zero-order chi connectivity index (χ0) is 13.8. The van der Waals surface area contributed by atoms with Gasteiger partial charge in [0.2, 0.25) is 5.95 Å². The average molecular weight is 268 g/mol. The van der Waals surface area contributed by atoms with E-state index in [9.17, 15) is 13.2 Å². The molecule has 1 aromatic carbocycles. The van der Waals surface area contributed by atoms with E-state index in [1.807, 2.05) is 0 Å². The summed E-state index contributed by atoms with van der Waals surface area (Å²) in [6.07, 6.45) is 1.00. The lowest BCUT2D eigenvalue weighted by atomic mass is 10.2. The first-order valence-electron chi connectivity index (χ1n) is 5.48. The molecule has 100 valence electrons. The second kappa shape index (κ2) is 5.55. The molecule has 0 aliphatic carbocycles. The van der Waals surface area contributed by atoms with E-state index in [0.29, 0.717) is 0 Å². The van der Waals surface area contributed by atoms with E-state index in [1.165, 1.54) is 6.07 Å². The fourth-order valence-electron chi connectivity index (χ4n) is 1.46. The van der Waals surface area contributed by atoms with Crippen molar-refractivity contribution >= 4 is 11.8 Å².